The first-order valence-corrected chi connectivity index (χ1v) is 7.76. The molecule has 1 aromatic heterocycles. The van der Waals surface area contributed by atoms with Gasteiger partial charge in [0.25, 0.3) is 0 Å². The van der Waals surface area contributed by atoms with E-state index in [-0.39, 0.29) is 5.56 Å². The monoisotopic (exact) mass is 325 g/mol. The first kappa shape index (κ1) is 15.9. The number of carboxylic acids is 1. The molecular formula is C19H19NO4. The second-order valence-electron chi connectivity index (χ2n) is 5.47. The van der Waals surface area contributed by atoms with Crippen molar-refractivity contribution >= 4 is 16.9 Å². The second-order valence-corrected chi connectivity index (χ2v) is 5.47. The van der Waals surface area contributed by atoms with Crippen LogP contribution in [0.15, 0.2) is 54.7 Å². The predicted molar refractivity (Wildman–Crippen MR) is 92.0 cm³/mol. The van der Waals surface area contributed by atoms with Crippen molar-refractivity contribution in [2.45, 2.75) is 13.0 Å². The lowest BCUT2D eigenvalue weighted by Gasteiger charge is -2.08. The zero-order chi connectivity index (χ0) is 16.9. The lowest BCUT2D eigenvalue weighted by Crippen LogP contribution is -2.04. The first-order chi connectivity index (χ1) is 11.7. The third-order valence-corrected chi connectivity index (χ3v) is 3.89. The minimum Gasteiger partial charge on any atom is -0.497 e. The van der Waals surface area contributed by atoms with Crippen molar-refractivity contribution in [3.05, 3.63) is 60.3 Å². The number of ether oxygens (including phenoxy) is 2. The van der Waals surface area contributed by atoms with E-state index >= 15 is 0 Å². The molecule has 124 valence electrons. The fourth-order valence-corrected chi connectivity index (χ4v) is 2.62. The molecule has 3 aromatic rings. The van der Waals surface area contributed by atoms with Crippen molar-refractivity contribution in [2.75, 3.05) is 13.7 Å². The maximum Gasteiger partial charge on any atom is 0.335 e. The van der Waals surface area contributed by atoms with E-state index in [0.29, 0.717) is 12.4 Å². The number of rotatable bonds is 7. The van der Waals surface area contributed by atoms with Gasteiger partial charge in [-0.1, -0.05) is 0 Å². The SMILES string of the molecule is COc1ccc2c(ccn2CCCOc2ccc(C(=O)O)cc2)c1. The van der Waals surface area contributed by atoms with E-state index < -0.39 is 5.97 Å². The summed E-state index contributed by atoms with van der Waals surface area (Å²) >= 11 is 0. The summed E-state index contributed by atoms with van der Waals surface area (Å²) in [6, 6.07) is 14.6. The number of carboxylic acid groups (broad SMARTS) is 1. The zero-order valence-electron chi connectivity index (χ0n) is 13.4. The fraction of sp³-hybridized carbons (Fsp3) is 0.211. The Morgan fingerprint density at radius 3 is 2.54 bits per heavy atom. The highest BCUT2D eigenvalue weighted by Crippen LogP contribution is 2.22. The van der Waals surface area contributed by atoms with Gasteiger partial charge in [-0.15, -0.1) is 0 Å². The molecule has 0 spiro atoms. The van der Waals surface area contributed by atoms with Gasteiger partial charge in [-0.25, -0.2) is 4.79 Å². The van der Waals surface area contributed by atoms with Crippen LogP contribution in [0.25, 0.3) is 10.9 Å². The van der Waals surface area contributed by atoms with E-state index in [1.54, 1.807) is 31.4 Å². The summed E-state index contributed by atoms with van der Waals surface area (Å²) in [4.78, 5) is 10.8. The van der Waals surface area contributed by atoms with Crippen molar-refractivity contribution in [2.24, 2.45) is 0 Å². The van der Waals surface area contributed by atoms with E-state index in [9.17, 15) is 4.79 Å². The Kier molecular flexibility index (Phi) is 4.70. The van der Waals surface area contributed by atoms with Gasteiger partial charge in [0.2, 0.25) is 0 Å². The third kappa shape index (κ3) is 3.51. The van der Waals surface area contributed by atoms with Gasteiger partial charge in [0.15, 0.2) is 0 Å². The first-order valence-electron chi connectivity index (χ1n) is 7.76. The highest BCUT2D eigenvalue weighted by Gasteiger charge is 2.04. The normalized spacial score (nSPS) is 10.7. The van der Waals surface area contributed by atoms with Crippen molar-refractivity contribution in [3.63, 3.8) is 0 Å². The molecule has 0 unspecified atom stereocenters. The molecule has 2 aromatic carbocycles. The summed E-state index contributed by atoms with van der Waals surface area (Å²) in [5, 5.41) is 10.0. The molecule has 0 radical (unpaired) electrons. The number of fused-ring (bicyclic) bond motifs is 1. The van der Waals surface area contributed by atoms with Gasteiger partial charge in [-0.3, -0.25) is 0 Å². The van der Waals surface area contributed by atoms with Gasteiger partial charge >= 0.3 is 5.97 Å². The Balaban J connectivity index is 1.54. The van der Waals surface area contributed by atoms with E-state index in [4.69, 9.17) is 14.6 Å². The van der Waals surface area contributed by atoms with Crippen LogP contribution < -0.4 is 9.47 Å². The maximum absolute atomic E-state index is 10.8. The van der Waals surface area contributed by atoms with Gasteiger partial charge < -0.3 is 19.1 Å². The lowest BCUT2D eigenvalue weighted by atomic mass is 10.2. The smallest absolute Gasteiger partial charge is 0.335 e. The summed E-state index contributed by atoms with van der Waals surface area (Å²) in [7, 11) is 1.67. The second kappa shape index (κ2) is 7.08. The van der Waals surface area contributed by atoms with Crippen molar-refractivity contribution in [1.29, 1.82) is 0 Å². The summed E-state index contributed by atoms with van der Waals surface area (Å²) in [5.74, 6) is 0.605. The zero-order valence-corrected chi connectivity index (χ0v) is 13.4. The number of nitrogens with zero attached hydrogens (tertiary/aromatic N) is 1. The molecular weight excluding hydrogens is 306 g/mol. The molecule has 1 heterocycles. The standard InChI is InChI=1S/C19H19NO4/c1-23-17-7-8-18-15(13-17)9-11-20(18)10-2-12-24-16-5-3-14(4-6-16)19(21)22/h3-9,11,13H,2,10,12H2,1H3,(H,21,22). The number of carbonyl (C=O) groups is 1. The lowest BCUT2D eigenvalue weighted by molar-refractivity contribution is 0.0697. The Hall–Kier alpha value is -2.95. The van der Waals surface area contributed by atoms with Gasteiger partial charge in [0.1, 0.15) is 11.5 Å². The van der Waals surface area contributed by atoms with Crippen LogP contribution >= 0.6 is 0 Å². The number of methoxy groups -OCH3 is 1. The maximum atomic E-state index is 10.8. The third-order valence-electron chi connectivity index (χ3n) is 3.89. The predicted octanol–water partition coefficient (Wildman–Crippen LogP) is 3.82. The topological polar surface area (TPSA) is 60.7 Å². The summed E-state index contributed by atoms with van der Waals surface area (Å²) < 4.78 is 13.1. The summed E-state index contributed by atoms with van der Waals surface area (Å²) in [6.45, 7) is 1.42. The average Bonchev–Trinajstić information content (AvgIpc) is 3.01. The van der Waals surface area contributed by atoms with Gasteiger partial charge in [0.05, 0.1) is 19.3 Å². The molecule has 0 saturated carbocycles. The number of aromatic nitrogens is 1. The molecule has 0 bridgehead atoms. The number of aromatic carboxylic acids is 1. The van der Waals surface area contributed by atoms with Gasteiger partial charge in [-0.2, -0.15) is 0 Å². The molecule has 3 rings (SSSR count). The quantitative estimate of drug-likeness (QED) is 0.671. The molecule has 24 heavy (non-hydrogen) atoms. The van der Waals surface area contributed by atoms with Crippen LogP contribution in [0.5, 0.6) is 11.5 Å². The number of aryl methyl sites for hydroxylation is 1. The Bertz CT molecular complexity index is 836. The van der Waals surface area contributed by atoms with Gasteiger partial charge in [-0.05, 0) is 55.0 Å². The van der Waals surface area contributed by atoms with E-state index in [0.717, 1.165) is 24.1 Å². The highest BCUT2D eigenvalue weighted by molar-refractivity contribution is 5.87. The van der Waals surface area contributed by atoms with Crippen LogP contribution in [0.4, 0.5) is 0 Å². The van der Waals surface area contributed by atoms with Crippen LogP contribution in [0.2, 0.25) is 0 Å². The number of benzene rings is 2. The van der Waals surface area contributed by atoms with E-state index in [2.05, 4.69) is 22.9 Å². The van der Waals surface area contributed by atoms with Crippen molar-refractivity contribution in [1.82, 2.24) is 4.57 Å². The Morgan fingerprint density at radius 1 is 1.08 bits per heavy atom. The van der Waals surface area contributed by atoms with Crippen molar-refractivity contribution < 1.29 is 19.4 Å². The largest absolute Gasteiger partial charge is 0.497 e. The molecule has 0 saturated heterocycles. The molecule has 1 N–H and O–H groups in total. The van der Waals surface area contributed by atoms with Crippen LogP contribution in [0.1, 0.15) is 16.8 Å². The average molecular weight is 325 g/mol. The van der Waals surface area contributed by atoms with Crippen LogP contribution in [0.3, 0.4) is 0 Å². The highest BCUT2D eigenvalue weighted by atomic mass is 16.5. The van der Waals surface area contributed by atoms with Crippen LogP contribution in [-0.2, 0) is 6.54 Å². The van der Waals surface area contributed by atoms with E-state index in [1.807, 2.05) is 12.1 Å². The molecule has 0 fully saturated rings. The Labute approximate surface area is 140 Å². The molecule has 0 aliphatic carbocycles. The van der Waals surface area contributed by atoms with Gasteiger partial charge in [0, 0.05) is 23.6 Å². The molecule has 0 aliphatic rings. The summed E-state index contributed by atoms with van der Waals surface area (Å²) in [5.41, 5.74) is 1.43. The fourth-order valence-electron chi connectivity index (χ4n) is 2.62. The molecule has 0 atom stereocenters. The molecule has 0 aliphatic heterocycles. The minimum atomic E-state index is -0.933. The van der Waals surface area contributed by atoms with Crippen molar-refractivity contribution in [3.8, 4) is 11.5 Å². The molecule has 0 amide bonds. The molecule has 5 heteroatoms. The van der Waals surface area contributed by atoms with Crippen LogP contribution in [0, 0.1) is 0 Å². The summed E-state index contributed by atoms with van der Waals surface area (Å²) in [6.07, 6.45) is 2.92. The number of hydrogen-bond donors (Lipinski definition) is 1. The van der Waals surface area contributed by atoms with Crippen LogP contribution in [-0.4, -0.2) is 29.4 Å². The van der Waals surface area contributed by atoms with E-state index in [1.165, 1.54) is 5.52 Å². The molecule has 5 nitrogen and oxygen atoms in total. The number of hydrogen-bond acceptors (Lipinski definition) is 3. The minimum absolute atomic E-state index is 0.261. The Morgan fingerprint density at radius 2 is 1.83 bits per heavy atom.